The van der Waals surface area contributed by atoms with E-state index in [-0.39, 0.29) is 6.04 Å². The van der Waals surface area contributed by atoms with Crippen molar-refractivity contribution in [3.63, 3.8) is 0 Å². The zero-order chi connectivity index (χ0) is 19.8. The third kappa shape index (κ3) is 3.30. The van der Waals surface area contributed by atoms with E-state index in [1.54, 1.807) is 18.4 Å². The molecule has 1 aliphatic heterocycles. The van der Waals surface area contributed by atoms with Gasteiger partial charge in [-0.25, -0.2) is 0 Å². The number of aromatic nitrogens is 3. The van der Waals surface area contributed by atoms with Crippen molar-refractivity contribution >= 4 is 28.6 Å². The summed E-state index contributed by atoms with van der Waals surface area (Å²) in [6.07, 6.45) is 1.77. The number of hydrogen-bond acceptors (Lipinski definition) is 5. The molecule has 0 bridgehead atoms. The van der Waals surface area contributed by atoms with Gasteiger partial charge in [0.15, 0.2) is 5.82 Å². The van der Waals surface area contributed by atoms with Gasteiger partial charge in [0.1, 0.15) is 16.9 Å². The summed E-state index contributed by atoms with van der Waals surface area (Å²) in [7, 11) is 1.73. The van der Waals surface area contributed by atoms with Gasteiger partial charge in [-0.1, -0.05) is 23.7 Å². The monoisotopic (exact) mass is 414 g/mol. The van der Waals surface area contributed by atoms with Gasteiger partial charge in [0.2, 0.25) is 0 Å². The Hall–Kier alpha value is -2.02. The van der Waals surface area contributed by atoms with E-state index in [1.165, 1.54) is 16.0 Å². The summed E-state index contributed by atoms with van der Waals surface area (Å²) in [6, 6.07) is 7.86. The van der Waals surface area contributed by atoms with Gasteiger partial charge in [0.05, 0.1) is 5.71 Å². The first-order valence-corrected chi connectivity index (χ1v) is 10.6. The van der Waals surface area contributed by atoms with Crippen LogP contribution >= 0.6 is 22.9 Å². The number of halogens is 1. The Labute approximate surface area is 174 Å². The number of aliphatic imine (C=N–C) groups is 1. The van der Waals surface area contributed by atoms with Crippen LogP contribution in [0.1, 0.15) is 52.1 Å². The molecule has 0 radical (unpaired) electrons. The third-order valence-corrected chi connectivity index (χ3v) is 6.63. The molecule has 0 N–H and O–H groups in total. The summed E-state index contributed by atoms with van der Waals surface area (Å²) < 4.78 is 7.44. The van der Waals surface area contributed by atoms with Gasteiger partial charge in [-0.3, -0.25) is 9.56 Å². The Kier molecular flexibility index (Phi) is 5.36. The summed E-state index contributed by atoms with van der Waals surface area (Å²) in [6.45, 7) is 7.03. The summed E-state index contributed by atoms with van der Waals surface area (Å²) >= 11 is 7.91. The molecule has 0 aliphatic carbocycles. The van der Waals surface area contributed by atoms with Crippen LogP contribution in [0.5, 0.6) is 0 Å². The number of ether oxygens (including phenoxy) is 1. The van der Waals surface area contributed by atoms with Gasteiger partial charge in [-0.05, 0) is 51.3 Å². The largest absolute Gasteiger partial charge is 0.385 e. The molecule has 28 heavy (non-hydrogen) atoms. The van der Waals surface area contributed by atoms with Crippen molar-refractivity contribution in [2.24, 2.45) is 4.99 Å². The van der Waals surface area contributed by atoms with Crippen LogP contribution in [-0.4, -0.2) is 34.2 Å². The SMILES string of the molecule is COCCCC1N=C(c2ccc(Cl)cc2)c2c(sc(C)c2C)-n2c(C)nnc21. The zero-order valence-corrected chi connectivity index (χ0v) is 18.1. The van der Waals surface area contributed by atoms with E-state index in [0.29, 0.717) is 6.61 Å². The molecule has 0 amide bonds. The van der Waals surface area contributed by atoms with Crippen LogP contribution in [0.15, 0.2) is 29.3 Å². The highest BCUT2D eigenvalue weighted by atomic mass is 35.5. The van der Waals surface area contributed by atoms with Crippen molar-refractivity contribution in [2.75, 3.05) is 13.7 Å². The molecular weight excluding hydrogens is 392 g/mol. The first-order valence-electron chi connectivity index (χ1n) is 9.36. The van der Waals surface area contributed by atoms with E-state index >= 15 is 0 Å². The summed E-state index contributed by atoms with van der Waals surface area (Å²) in [5, 5.41) is 10.7. The molecule has 7 heteroatoms. The summed E-state index contributed by atoms with van der Waals surface area (Å²) in [5.41, 5.74) is 4.49. The van der Waals surface area contributed by atoms with Gasteiger partial charge < -0.3 is 4.74 Å². The first-order chi connectivity index (χ1) is 13.5. The van der Waals surface area contributed by atoms with Crippen molar-refractivity contribution in [2.45, 2.75) is 39.7 Å². The van der Waals surface area contributed by atoms with E-state index in [2.05, 4.69) is 28.6 Å². The number of aryl methyl sites for hydroxylation is 2. The smallest absolute Gasteiger partial charge is 0.163 e. The van der Waals surface area contributed by atoms with E-state index in [0.717, 1.165) is 45.8 Å². The molecule has 4 rings (SSSR count). The maximum absolute atomic E-state index is 6.13. The Morgan fingerprint density at radius 1 is 1.14 bits per heavy atom. The molecule has 1 unspecified atom stereocenters. The second kappa shape index (κ2) is 7.78. The van der Waals surface area contributed by atoms with Crippen LogP contribution in [0.3, 0.4) is 0 Å². The molecule has 1 aliphatic rings. The molecule has 3 aromatic rings. The Morgan fingerprint density at radius 3 is 2.61 bits per heavy atom. The molecule has 1 aromatic carbocycles. The third-order valence-electron chi connectivity index (χ3n) is 5.18. The predicted molar refractivity (Wildman–Crippen MR) is 114 cm³/mol. The molecule has 3 heterocycles. The highest BCUT2D eigenvalue weighted by molar-refractivity contribution is 7.15. The van der Waals surface area contributed by atoms with Crippen LogP contribution in [0.2, 0.25) is 5.02 Å². The lowest BCUT2D eigenvalue weighted by Crippen LogP contribution is -2.07. The van der Waals surface area contributed by atoms with Gasteiger partial charge in [-0.15, -0.1) is 21.5 Å². The highest BCUT2D eigenvalue weighted by Crippen LogP contribution is 2.39. The van der Waals surface area contributed by atoms with Gasteiger partial charge in [-0.2, -0.15) is 0 Å². The standard InChI is InChI=1S/C21H23ClN4OS/c1-12-13(2)28-21-18(12)19(15-7-9-16(22)10-8-15)23-17(6-5-11-27-4)20-25-24-14(3)26(20)21/h7-10,17H,5-6,11H2,1-4H3. The fourth-order valence-electron chi connectivity index (χ4n) is 3.61. The second-order valence-electron chi connectivity index (χ2n) is 7.04. The van der Waals surface area contributed by atoms with Crippen molar-refractivity contribution in [1.82, 2.24) is 14.8 Å². The van der Waals surface area contributed by atoms with E-state index < -0.39 is 0 Å². The normalized spacial score (nSPS) is 15.8. The van der Waals surface area contributed by atoms with Crippen LogP contribution in [0, 0.1) is 20.8 Å². The molecule has 2 aromatic heterocycles. The fraction of sp³-hybridized carbons (Fsp3) is 0.381. The molecular formula is C21H23ClN4OS. The van der Waals surface area contributed by atoms with Gasteiger partial charge in [0, 0.05) is 34.7 Å². The molecule has 0 saturated carbocycles. The first kappa shape index (κ1) is 19.3. The lowest BCUT2D eigenvalue weighted by atomic mass is 9.99. The van der Waals surface area contributed by atoms with E-state index in [1.807, 2.05) is 31.2 Å². The molecule has 0 fully saturated rings. The van der Waals surface area contributed by atoms with E-state index in [4.69, 9.17) is 21.3 Å². The van der Waals surface area contributed by atoms with Gasteiger partial charge in [0.25, 0.3) is 0 Å². The van der Waals surface area contributed by atoms with Gasteiger partial charge >= 0.3 is 0 Å². The molecule has 5 nitrogen and oxygen atoms in total. The number of methoxy groups -OCH3 is 1. The minimum Gasteiger partial charge on any atom is -0.385 e. The molecule has 0 spiro atoms. The minimum atomic E-state index is -0.0682. The number of hydrogen-bond donors (Lipinski definition) is 0. The number of fused-ring (bicyclic) bond motifs is 3. The number of rotatable bonds is 5. The maximum Gasteiger partial charge on any atom is 0.163 e. The highest BCUT2D eigenvalue weighted by Gasteiger charge is 2.30. The molecule has 1 atom stereocenters. The predicted octanol–water partition coefficient (Wildman–Crippen LogP) is 5.23. The quantitative estimate of drug-likeness (QED) is 0.537. The lowest BCUT2D eigenvalue weighted by Gasteiger charge is -2.12. The van der Waals surface area contributed by atoms with E-state index in [9.17, 15) is 0 Å². The zero-order valence-electron chi connectivity index (χ0n) is 16.5. The molecule has 0 saturated heterocycles. The minimum absolute atomic E-state index is 0.0682. The summed E-state index contributed by atoms with van der Waals surface area (Å²) in [4.78, 5) is 6.50. The fourth-order valence-corrected chi connectivity index (χ4v) is 4.95. The maximum atomic E-state index is 6.13. The number of nitrogens with zero attached hydrogens (tertiary/aromatic N) is 4. The average Bonchev–Trinajstić information content (AvgIpc) is 3.15. The Morgan fingerprint density at radius 2 is 1.89 bits per heavy atom. The average molecular weight is 415 g/mol. The Bertz CT molecular complexity index is 1040. The Balaban J connectivity index is 1.94. The summed E-state index contributed by atoms with van der Waals surface area (Å²) in [5.74, 6) is 1.79. The number of benzene rings is 1. The van der Waals surface area contributed by atoms with Crippen molar-refractivity contribution in [1.29, 1.82) is 0 Å². The van der Waals surface area contributed by atoms with Crippen molar-refractivity contribution < 1.29 is 4.74 Å². The van der Waals surface area contributed by atoms with Crippen LogP contribution < -0.4 is 0 Å². The lowest BCUT2D eigenvalue weighted by molar-refractivity contribution is 0.190. The topological polar surface area (TPSA) is 52.3 Å². The van der Waals surface area contributed by atoms with Crippen LogP contribution in [0.25, 0.3) is 5.00 Å². The number of thiophene rings is 1. The molecule has 146 valence electrons. The van der Waals surface area contributed by atoms with Crippen LogP contribution in [0.4, 0.5) is 0 Å². The van der Waals surface area contributed by atoms with Crippen LogP contribution in [-0.2, 0) is 4.74 Å². The second-order valence-corrected chi connectivity index (χ2v) is 8.68. The van der Waals surface area contributed by atoms with Crippen molar-refractivity contribution in [3.8, 4) is 5.00 Å². The van der Waals surface area contributed by atoms with Crippen molar-refractivity contribution in [3.05, 3.63) is 62.5 Å².